The molecule has 0 radical (unpaired) electrons. The number of benzene rings is 2. The van der Waals surface area contributed by atoms with Crippen LogP contribution in [0.15, 0.2) is 48.5 Å². The van der Waals surface area contributed by atoms with E-state index in [0.717, 1.165) is 5.56 Å². The molecule has 0 spiro atoms. The van der Waals surface area contributed by atoms with Crippen LogP contribution in [-0.2, 0) is 32.2 Å². The van der Waals surface area contributed by atoms with Gasteiger partial charge in [0.15, 0.2) is 0 Å². The molecule has 2 aromatic rings. The molecule has 0 heterocycles. The molecule has 0 bridgehead atoms. The third kappa shape index (κ3) is 7.88. The number of alkyl carbamates (subject to hydrolysis) is 1. The minimum absolute atomic E-state index is 0.0797. The summed E-state index contributed by atoms with van der Waals surface area (Å²) in [6.45, 7) is -0.458. The van der Waals surface area contributed by atoms with Crippen molar-refractivity contribution in [3.63, 3.8) is 0 Å². The van der Waals surface area contributed by atoms with Crippen LogP contribution in [0.25, 0.3) is 0 Å². The van der Waals surface area contributed by atoms with Gasteiger partial charge in [-0.2, -0.15) is 0 Å². The lowest BCUT2D eigenvalue weighted by molar-refractivity contribution is -0.147. The predicted molar refractivity (Wildman–Crippen MR) is 112 cm³/mol. The molecular weight excluding hydrogens is 404 g/mol. The minimum Gasteiger partial charge on any atom is -0.497 e. The van der Waals surface area contributed by atoms with Gasteiger partial charge in [-0.1, -0.05) is 30.3 Å². The third-order valence-corrected chi connectivity index (χ3v) is 4.28. The monoisotopic (exact) mass is 430 g/mol. The zero-order valence-electron chi connectivity index (χ0n) is 17.8. The summed E-state index contributed by atoms with van der Waals surface area (Å²) in [5.41, 5.74) is 1.50. The van der Waals surface area contributed by atoms with Crippen molar-refractivity contribution in [2.45, 2.75) is 13.2 Å². The van der Waals surface area contributed by atoms with E-state index in [0.29, 0.717) is 17.1 Å². The summed E-state index contributed by atoms with van der Waals surface area (Å²) in [5.74, 6) is 0.0172. The van der Waals surface area contributed by atoms with Crippen molar-refractivity contribution in [1.29, 1.82) is 0 Å². The average Bonchev–Trinajstić information content (AvgIpc) is 2.80. The number of carbonyl (C=O) groups is 3. The Labute approximate surface area is 180 Å². The highest BCUT2D eigenvalue weighted by molar-refractivity contribution is 5.85. The molecule has 9 nitrogen and oxygen atoms in total. The van der Waals surface area contributed by atoms with Crippen molar-refractivity contribution < 1.29 is 33.3 Å². The molecule has 166 valence electrons. The first kappa shape index (κ1) is 23.5. The van der Waals surface area contributed by atoms with E-state index in [9.17, 15) is 14.4 Å². The summed E-state index contributed by atoms with van der Waals surface area (Å²) in [7, 11) is 4.26. The van der Waals surface area contributed by atoms with Gasteiger partial charge < -0.3 is 29.2 Å². The molecule has 0 aliphatic heterocycles. The lowest BCUT2D eigenvalue weighted by Gasteiger charge is -2.22. The SMILES string of the molecule is COC(=O)CN(Cc1cc(OC)cc(OC)c1)C(=O)CNC(=O)OCc1ccccc1. The topological polar surface area (TPSA) is 103 Å². The number of amides is 2. The fourth-order valence-electron chi connectivity index (χ4n) is 2.66. The molecule has 0 aliphatic carbocycles. The second-order valence-electron chi connectivity index (χ2n) is 6.46. The summed E-state index contributed by atoms with van der Waals surface area (Å²) in [4.78, 5) is 37.6. The van der Waals surface area contributed by atoms with Gasteiger partial charge in [0.05, 0.1) is 21.3 Å². The highest BCUT2D eigenvalue weighted by Gasteiger charge is 2.20. The normalized spacial score (nSPS) is 10.0. The number of nitrogens with zero attached hydrogens (tertiary/aromatic N) is 1. The smallest absolute Gasteiger partial charge is 0.407 e. The molecule has 31 heavy (non-hydrogen) atoms. The summed E-state index contributed by atoms with van der Waals surface area (Å²) in [6.07, 6.45) is -0.738. The van der Waals surface area contributed by atoms with Gasteiger partial charge in [-0.25, -0.2) is 4.79 Å². The number of hydrogen-bond acceptors (Lipinski definition) is 7. The molecule has 0 saturated heterocycles. The van der Waals surface area contributed by atoms with Gasteiger partial charge in [0.1, 0.15) is 31.2 Å². The first-order valence-electron chi connectivity index (χ1n) is 9.46. The Morgan fingerprint density at radius 1 is 0.903 bits per heavy atom. The van der Waals surface area contributed by atoms with Crippen molar-refractivity contribution in [2.75, 3.05) is 34.4 Å². The Morgan fingerprint density at radius 3 is 2.13 bits per heavy atom. The van der Waals surface area contributed by atoms with Gasteiger partial charge in [-0.05, 0) is 23.3 Å². The molecule has 1 N–H and O–H groups in total. The maximum Gasteiger partial charge on any atom is 0.407 e. The summed E-state index contributed by atoms with van der Waals surface area (Å²) in [6, 6.07) is 14.3. The Bertz CT molecular complexity index is 864. The lowest BCUT2D eigenvalue weighted by Crippen LogP contribution is -2.42. The maximum atomic E-state index is 12.7. The van der Waals surface area contributed by atoms with Crippen LogP contribution in [0.3, 0.4) is 0 Å². The number of nitrogens with one attached hydrogen (secondary N) is 1. The van der Waals surface area contributed by atoms with Gasteiger partial charge in [0, 0.05) is 12.6 Å². The van der Waals surface area contributed by atoms with E-state index in [-0.39, 0.29) is 26.2 Å². The molecule has 0 aliphatic rings. The van der Waals surface area contributed by atoms with Crippen molar-refractivity contribution in [3.05, 3.63) is 59.7 Å². The maximum absolute atomic E-state index is 12.7. The van der Waals surface area contributed by atoms with Gasteiger partial charge >= 0.3 is 12.1 Å². The number of rotatable bonds is 10. The van der Waals surface area contributed by atoms with Crippen LogP contribution in [0.1, 0.15) is 11.1 Å². The Kier molecular flexibility index (Phi) is 9.15. The quantitative estimate of drug-likeness (QED) is 0.576. The molecule has 0 saturated carbocycles. The standard InChI is InChI=1S/C22H26N2O7/c1-28-18-9-17(10-19(11-18)29-2)13-24(14-21(26)30-3)20(25)12-23-22(27)31-15-16-7-5-4-6-8-16/h4-11H,12-15H2,1-3H3,(H,23,27). The summed E-state index contributed by atoms with van der Waals surface area (Å²) < 4.78 is 20.2. The van der Waals surface area contributed by atoms with Crippen LogP contribution < -0.4 is 14.8 Å². The summed E-state index contributed by atoms with van der Waals surface area (Å²) in [5, 5.41) is 2.40. The molecule has 0 atom stereocenters. The number of methoxy groups -OCH3 is 3. The van der Waals surface area contributed by atoms with Crippen LogP contribution in [0.2, 0.25) is 0 Å². The van der Waals surface area contributed by atoms with Crippen molar-refractivity contribution in [3.8, 4) is 11.5 Å². The molecule has 9 heteroatoms. The van der Waals surface area contributed by atoms with E-state index in [2.05, 4.69) is 10.1 Å². The number of carbonyl (C=O) groups excluding carboxylic acids is 3. The third-order valence-electron chi connectivity index (χ3n) is 4.28. The minimum atomic E-state index is -0.738. The van der Waals surface area contributed by atoms with Crippen molar-refractivity contribution in [1.82, 2.24) is 10.2 Å². The van der Waals surface area contributed by atoms with Crippen LogP contribution in [0.4, 0.5) is 4.79 Å². The van der Waals surface area contributed by atoms with Gasteiger partial charge in [-0.3, -0.25) is 9.59 Å². The highest BCUT2D eigenvalue weighted by Crippen LogP contribution is 2.23. The van der Waals surface area contributed by atoms with E-state index in [1.807, 2.05) is 30.3 Å². The van der Waals surface area contributed by atoms with E-state index in [1.54, 1.807) is 18.2 Å². The number of ether oxygens (including phenoxy) is 4. The second kappa shape index (κ2) is 12.1. The Hall–Kier alpha value is -3.75. The second-order valence-corrected chi connectivity index (χ2v) is 6.46. The average molecular weight is 430 g/mol. The molecule has 0 fully saturated rings. The van der Waals surface area contributed by atoms with E-state index < -0.39 is 18.0 Å². The Balaban J connectivity index is 1.99. The van der Waals surface area contributed by atoms with E-state index in [1.165, 1.54) is 26.2 Å². The van der Waals surface area contributed by atoms with E-state index in [4.69, 9.17) is 14.2 Å². The van der Waals surface area contributed by atoms with Gasteiger partial charge in [0.2, 0.25) is 5.91 Å². The van der Waals surface area contributed by atoms with Crippen molar-refractivity contribution >= 4 is 18.0 Å². The molecular formula is C22H26N2O7. The first-order chi connectivity index (χ1) is 14.9. The fraction of sp³-hybridized carbons (Fsp3) is 0.318. The predicted octanol–water partition coefficient (Wildman–Crippen LogP) is 2.13. The number of esters is 1. The van der Waals surface area contributed by atoms with Crippen LogP contribution in [0, 0.1) is 0 Å². The van der Waals surface area contributed by atoms with Crippen molar-refractivity contribution in [2.24, 2.45) is 0 Å². The van der Waals surface area contributed by atoms with Crippen LogP contribution in [-0.4, -0.2) is 57.3 Å². The zero-order valence-corrected chi connectivity index (χ0v) is 17.8. The molecule has 2 amide bonds. The molecule has 0 aromatic heterocycles. The Morgan fingerprint density at radius 2 is 1.55 bits per heavy atom. The van der Waals surface area contributed by atoms with Crippen LogP contribution >= 0.6 is 0 Å². The molecule has 2 rings (SSSR count). The largest absolute Gasteiger partial charge is 0.497 e. The zero-order chi connectivity index (χ0) is 22.6. The highest BCUT2D eigenvalue weighted by atomic mass is 16.5. The van der Waals surface area contributed by atoms with Gasteiger partial charge in [-0.15, -0.1) is 0 Å². The van der Waals surface area contributed by atoms with E-state index >= 15 is 0 Å². The summed E-state index contributed by atoms with van der Waals surface area (Å²) >= 11 is 0. The molecule has 2 aromatic carbocycles. The lowest BCUT2D eigenvalue weighted by atomic mass is 10.2. The fourth-order valence-corrected chi connectivity index (χ4v) is 2.66. The number of hydrogen-bond donors (Lipinski definition) is 1. The first-order valence-corrected chi connectivity index (χ1v) is 9.46. The van der Waals surface area contributed by atoms with Gasteiger partial charge in [0.25, 0.3) is 0 Å². The molecule has 0 unspecified atom stereocenters. The van der Waals surface area contributed by atoms with Crippen LogP contribution in [0.5, 0.6) is 11.5 Å².